The number of benzene rings is 1. The quantitative estimate of drug-likeness (QED) is 0.836. The number of carbonyl (C=O) groups is 1. The summed E-state index contributed by atoms with van der Waals surface area (Å²) < 4.78 is 0. The number of aliphatic hydroxyl groups excluding tert-OH is 1. The largest absolute Gasteiger partial charge is 0.384 e. The Morgan fingerprint density at radius 2 is 2.19 bits per heavy atom. The molecule has 0 aliphatic carbocycles. The number of hydrogen-bond acceptors (Lipinski definition) is 4. The smallest absolute Gasteiger partial charge is 0.265 e. The Bertz CT molecular complexity index is 776. The maximum absolute atomic E-state index is 12.2. The van der Waals surface area contributed by atoms with E-state index in [2.05, 4.69) is 17.2 Å². The average Bonchev–Trinajstić information content (AvgIpc) is 2.87. The van der Waals surface area contributed by atoms with Gasteiger partial charge in [0, 0.05) is 0 Å². The van der Waals surface area contributed by atoms with Crippen LogP contribution in [0.25, 0.3) is 0 Å². The molecule has 0 radical (unpaired) electrons. The minimum Gasteiger partial charge on any atom is -0.384 e. The summed E-state index contributed by atoms with van der Waals surface area (Å²) in [7, 11) is 0. The van der Waals surface area contributed by atoms with Gasteiger partial charge < -0.3 is 10.4 Å². The highest BCUT2D eigenvalue weighted by molar-refractivity contribution is 7.14. The van der Waals surface area contributed by atoms with Gasteiger partial charge >= 0.3 is 0 Å². The number of nitrogens with one attached hydrogen (secondary N) is 1. The fourth-order valence-electron chi connectivity index (χ4n) is 1.71. The lowest BCUT2D eigenvalue weighted by Crippen LogP contribution is -2.11. The third kappa shape index (κ3) is 3.49. The van der Waals surface area contributed by atoms with E-state index in [-0.39, 0.29) is 12.5 Å². The summed E-state index contributed by atoms with van der Waals surface area (Å²) in [4.78, 5) is 13.5. The van der Waals surface area contributed by atoms with E-state index >= 15 is 0 Å². The van der Waals surface area contributed by atoms with Crippen molar-refractivity contribution in [2.75, 3.05) is 11.9 Å². The van der Waals surface area contributed by atoms with Crippen LogP contribution in [-0.2, 0) is 0 Å². The van der Waals surface area contributed by atoms with Crippen LogP contribution in [0.15, 0.2) is 30.3 Å². The summed E-state index contributed by atoms with van der Waals surface area (Å²) in [6.45, 7) is 1.65. The van der Waals surface area contributed by atoms with Gasteiger partial charge in [0.15, 0.2) is 0 Å². The van der Waals surface area contributed by atoms with Gasteiger partial charge in [0.05, 0.1) is 21.0 Å². The Labute approximate surface area is 126 Å². The van der Waals surface area contributed by atoms with E-state index in [9.17, 15) is 4.79 Å². The summed E-state index contributed by atoms with van der Waals surface area (Å²) >= 11 is 1.26. The van der Waals surface area contributed by atoms with Crippen molar-refractivity contribution in [1.82, 2.24) is 0 Å². The third-order valence-electron chi connectivity index (χ3n) is 2.72. The van der Waals surface area contributed by atoms with Crippen molar-refractivity contribution < 1.29 is 9.90 Å². The second-order valence-electron chi connectivity index (χ2n) is 4.19. The molecule has 0 saturated heterocycles. The lowest BCUT2D eigenvalue weighted by molar-refractivity contribution is 0.103. The van der Waals surface area contributed by atoms with Crippen molar-refractivity contribution in [3.05, 3.63) is 51.2 Å². The topological polar surface area (TPSA) is 73.1 Å². The van der Waals surface area contributed by atoms with Crippen molar-refractivity contribution in [2.45, 2.75) is 6.92 Å². The number of aliphatic hydroxyl groups is 1. The van der Waals surface area contributed by atoms with E-state index < -0.39 is 0 Å². The summed E-state index contributed by atoms with van der Waals surface area (Å²) in [5.74, 6) is 5.10. The maximum Gasteiger partial charge on any atom is 0.265 e. The molecule has 1 amide bonds. The molecule has 0 fully saturated rings. The van der Waals surface area contributed by atoms with Gasteiger partial charge in [-0.3, -0.25) is 4.79 Å². The zero-order valence-corrected chi connectivity index (χ0v) is 12.1. The zero-order valence-electron chi connectivity index (χ0n) is 11.3. The Hall–Kier alpha value is -2.60. The van der Waals surface area contributed by atoms with Crippen LogP contribution in [0.1, 0.15) is 25.7 Å². The summed E-state index contributed by atoms with van der Waals surface area (Å²) in [6.07, 6.45) is 0. The molecule has 4 nitrogen and oxygen atoms in total. The highest BCUT2D eigenvalue weighted by Crippen LogP contribution is 2.23. The number of hydrogen-bond donors (Lipinski definition) is 2. The van der Waals surface area contributed by atoms with Gasteiger partial charge in [-0.05, 0) is 30.7 Å². The Kier molecular flexibility index (Phi) is 4.73. The molecule has 1 aromatic carbocycles. The van der Waals surface area contributed by atoms with Gasteiger partial charge in [-0.2, -0.15) is 5.26 Å². The Balaban J connectivity index is 2.23. The third-order valence-corrected chi connectivity index (χ3v) is 3.87. The first-order valence-electron chi connectivity index (χ1n) is 6.16. The molecule has 0 aliphatic heterocycles. The number of rotatable bonds is 2. The van der Waals surface area contributed by atoms with Crippen molar-refractivity contribution in [2.24, 2.45) is 0 Å². The predicted molar refractivity (Wildman–Crippen MR) is 82.1 cm³/mol. The number of nitriles is 1. The minimum absolute atomic E-state index is 0.214. The van der Waals surface area contributed by atoms with Crippen molar-refractivity contribution >= 4 is 22.9 Å². The van der Waals surface area contributed by atoms with Crippen molar-refractivity contribution in [3.8, 4) is 17.9 Å². The summed E-state index contributed by atoms with van der Waals surface area (Å²) in [5.41, 5.74) is 1.79. The van der Waals surface area contributed by atoms with Gasteiger partial charge in [-0.15, -0.1) is 11.3 Å². The number of amides is 1. The monoisotopic (exact) mass is 296 g/mol. The number of carbonyl (C=O) groups excluding carboxylic acids is 1. The molecule has 2 aromatic rings. The molecule has 0 saturated carbocycles. The molecule has 0 aliphatic rings. The van der Waals surface area contributed by atoms with Crippen LogP contribution in [0.4, 0.5) is 5.69 Å². The van der Waals surface area contributed by atoms with Crippen LogP contribution in [0.2, 0.25) is 0 Å². The first-order chi connectivity index (χ1) is 10.2. The molecule has 1 aromatic heterocycles. The standard InChI is InChI=1S/C16H12N2O2S/c1-11-9-15(21-14(11)7-4-8-19)16(20)18-13-6-3-2-5-12(13)10-17/h2-3,5-6,9,19H,8H2,1H3,(H,18,20). The molecular weight excluding hydrogens is 284 g/mol. The van der Waals surface area contributed by atoms with Gasteiger partial charge in [0.2, 0.25) is 0 Å². The summed E-state index contributed by atoms with van der Waals surface area (Å²) in [6, 6.07) is 10.6. The molecule has 1 heterocycles. The number of anilines is 1. The fourth-order valence-corrected chi connectivity index (χ4v) is 2.65. The van der Waals surface area contributed by atoms with Crippen LogP contribution in [-0.4, -0.2) is 17.6 Å². The molecule has 21 heavy (non-hydrogen) atoms. The maximum atomic E-state index is 12.2. The molecule has 0 bridgehead atoms. The van der Waals surface area contributed by atoms with Crippen LogP contribution in [0.5, 0.6) is 0 Å². The second-order valence-corrected chi connectivity index (χ2v) is 5.25. The van der Waals surface area contributed by atoms with E-state index in [0.717, 1.165) is 10.4 Å². The Morgan fingerprint density at radius 1 is 1.43 bits per heavy atom. The fraction of sp³-hybridized carbons (Fsp3) is 0.125. The zero-order chi connectivity index (χ0) is 15.2. The highest BCUT2D eigenvalue weighted by Gasteiger charge is 2.13. The van der Waals surface area contributed by atoms with E-state index in [1.165, 1.54) is 11.3 Å². The molecule has 0 spiro atoms. The normalized spacial score (nSPS) is 9.38. The molecule has 5 heteroatoms. The van der Waals surface area contributed by atoms with Gasteiger partial charge in [-0.1, -0.05) is 24.0 Å². The number of para-hydroxylation sites is 1. The Morgan fingerprint density at radius 3 is 2.90 bits per heavy atom. The van der Waals surface area contributed by atoms with E-state index in [1.54, 1.807) is 30.3 Å². The first kappa shape index (κ1) is 14.8. The molecule has 2 rings (SSSR count). The molecule has 2 N–H and O–H groups in total. The van der Waals surface area contributed by atoms with Crippen LogP contribution in [0.3, 0.4) is 0 Å². The lowest BCUT2D eigenvalue weighted by atomic mass is 10.2. The van der Waals surface area contributed by atoms with Crippen LogP contribution in [0, 0.1) is 30.1 Å². The van der Waals surface area contributed by atoms with Crippen molar-refractivity contribution in [1.29, 1.82) is 5.26 Å². The minimum atomic E-state index is -0.275. The average molecular weight is 296 g/mol. The molecule has 0 atom stereocenters. The van der Waals surface area contributed by atoms with Gasteiger partial charge in [0.1, 0.15) is 12.7 Å². The number of nitrogens with zero attached hydrogens (tertiary/aromatic N) is 1. The first-order valence-corrected chi connectivity index (χ1v) is 6.98. The highest BCUT2D eigenvalue weighted by atomic mass is 32.1. The second kappa shape index (κ2) is 6.71. The number of aryl methyl sites for hydroxylation is 1. The van der Waals surface area contributed by atoms with Crippen LogP contribution < -0.4 is 5.32 Å². The van der Waals surface area contributed by atoms with Crippen molar-refractivity contribution in [3.63, 3.8) is 0 Å². The number of thiophene rings is 1. The van der Waals surface area contributed by atoms with Gasteiger partial charge in [0.25, 0.3) is 5.91 Å². The van der Waals surface area contributed by atoms with E-state index in [0.29, 0.717) is 16.1 Å². The molecule has 104 valence electrons. The van der Waals surface area contributed by atoms with E-state index in [1.807, 2.05) is 13.0 Å². The summed E-state index contributed by atoms with van der Waals surface area (Å²) in [5, 5.41) is 20.4. The predicted octanol–water partition coefficient (Wildman–Crippen LogP) is 2.52. The van der Waals surface area contributed by atoms with Crippen LogP contribution >= 0.6 is 11.3 Å². The SMILES string of the molecule is Cc1cc(C(=O)Nc2ccccc2C#N)sc1C#CCO. The van der Waals surface area contributed by atoms with Gasteiger partial charge in [-0.25, -0.2) is 0 Å². The lowest BCUT2D eigenvalue weighted by Gasteiger charge is -2.04. The van der Waals surface area contributed by atoms with E-state index in [4.69, 9.17) is 10.4 Å². The molecule has 0 unspecified atom stereocenters. The molecular formula is C16H12N2O2S.